The molecule has 11 heteroatoms. The third-order valence-electron chi connectivity index (χ3n) is 6.82. The largest absolute Gasteiger partial charge is 0.462 e. The van der Waals surface area contributed by atoms with Crippen molar-refractivity contribution in [2.24, 2.45) is 0 Å². The molecule has 0 aromatic heterocycles. The van der Waals surface area contributed by atoms with Gasteiger partial charge < -0.3 is 15.4 Å². The molecule has 1 aliphatic heterocycles. The third-order valence-corrected chi connectivity index (χ3v) is 8.51. The number of halogens is 1. The number of nitrogens with one attached hydrogen (secondary N) is 2. The van der Waals surface area contributed by atoms with Crippen molar-refractivity contribution in [2.45, 2.75) is 23.5 Å². The summed E-state index contributed by atoms with van der Waals surface area (Å²) >= 11 is 4.67. The van der Waals surface area contributed by atoms with Crippen molar-refractivity contribution in [2.75, 3.05) is 16.8 Å². The molecular weight excluding hydrogens is 670 g/mol. The van der Waals surface area contributed by atoms with Gasteiger partial charge in [0.25, 0.3) is 11.8 Å². The second kappa shape index (κ2) is 14.9. The predicted octanol–water partition coefficient (Wildman–Crippen LogP) is 6.46. The average Bonchev–Trinajstić information content (AvgIpc) is 3.33. The summed E-state index contributed by atoms with van der Waals surface area (Å²) in [7, 11) is 0. The molecule has 1 fully saturated rings. The quantitative estimate of drug-likeness (QED) is 0.111. The molecule has 4 amide bonds. The van der Waals surface area contributed by atoms with Crippen LogP contribution in [0.1, 0.15) is 39.6 Å². The van der Waals surface area contributed by atoms with E-state index in [2.05, 4.69) is 26.6 Å². The van der Waals surface area contributed by atoms with Crippen LogP contribution in [-0.2, 0) is 19.1 Å². The molecule has 1 heterocycles. The Bertz CT molecular complexity index is 1810. The number of esters is 1. The molecule has 1 unspecified atom stereocenters. The maximum Gasteiger partial charge on any atom is 0.338 e. The first kappa shape index (κ1) is 32.4. The minimum Gasteiger partial charge on any atom is -0.462 e. The minimum absolute atomic E-state index is 0.0203. The summed E-state index contributed by atoms with van der Waals surface area (Å²) in [5, 5.41) is 4.90. The molecule has 4 aromatic carbocycles. The fraction of sp³-hybridized carbons (Fsp3) is 0.114. The number of benzene rings is 4. The van der Waals surface area contributed by atoms with Gasteiger partial charge in [-0.1, -0.05) is 46.3 Å². The summed E-state index contributed by atoms with van der Waals surface area (Å²) in [6.45, 7) is 1.96. The van der Waals surface area contributed by atoms with E-state index < -0.39 is 23.0 Å². The van der Waals surface area contributed by atoms with Gasteiger partial charge in [0.1, 0.15) is 5.70 Å². The van der Waals surface area contributed by atoms with Crippen molar-refractivity contribution >= 4 is 74.7 Å². The lowest BCUT2D eigenvalue weighted by Gasteiger charge is -2.15. The second-order valence-corrected chi connectivity index (χ2v) is 12.2. The standard InChI is InChI=1S/C35H28BrN3O6S/c1-2-45-35(44)24-11-15-27(16-12-24)39-31(40)21-30(34(39)43)46-28-17-13-26(14-18-28)37-33(42)29(20-22-7-6-10-25(36)19-22)38-32(41)23-8-4-3-5-9-23/h3-20,30H,2,21H2,1H3,(H,37,42)(H,38,41)/b29-20-. The van der Waals surface area contributed by atoms with E-state index >= 15 is 0 Å². The topological polar surface area (TPSA) is 122 Å². The molecule has 1 atom stereocenters. The first-order valence-corrected chi connectivity index (χ1v) is 15.9. The van der Waals surface area contributed by atoms with E-state index in [0.717, 1.165) is 14.3 Å². The molecular formula is C35H28BrN3O6S. The van der Waals surface area contributed by atoms with Crippen LogP contribution in [0.2, 0.25) is 0 Å². The van der Waals surface area contributed by atoms with Crippen LogP contribution in [0.15, 0.2) is 118 Å². The van der Waals surface area contributed by atoms with Crippen molar-refractivity contribution in [1.82, 2.24) is 5.32 Å². The highest BCUT2D eigenvalue weighted by molar-refractivity contribution is 9.10. The predicted molar refractivity (Wildman–Crippen MR) is 180 cm³/mol. The Hall–Kier alpha value is -5.00. The monoisotopic (exact) mass is 697 g/mol. The highest BCUT2D eigenvalue weighted by Crippen LogP contribution is 2.34. The van der Waals surface area contributed by atoms with Gasteiger partial charge in [-0.3, -0.25) is 19.2 Å². The van der Waals surface area contributed by atoms with Gasteiger partial charge in [-0.25, -0.2) is 9.69 Å². The van der Waals surface area contributed by atoms with Gasteiger partial charge in [0, 0.05) is 27.0 Å². The van der Waals surface area contributed by atoms with E-state index in [1.54, 1.807) is 79.7 Å². The van der Waals surface area contributed by atoms with E-state index in [0.29, 0.717) is 28.1 Å². The lowest BCUT2D eigenvalue weighted by atomic mass is 10.1. The van der Waals surface area contributed by atoms with Crippen molar-refractivity contribution in [3.63, 3.8) is 0 Å². The number of imide groups is 1. The van der Waals surface area contributed by atoms with E-state index in [9.17, 15) is 24.0 Å². The van der Waals surface area contributed by atoms with Crippen molar-refractivity contribution < 1.29 is 28.7 Å². The van der Waals surface area contributed by atoms with E-state index in [1.807, 2.05) is 24.3 Å². The van der Waals surface area contributed by atoms with Gasteiger partial charge in [-0.15, -0.1) is 11.8 Å². The van der Waals surface area contributed by atoms with E-state index in [4.69, 9.17) is 4.74 Å². The van der Waals surface area contributed by atoms with Crippen molar-refractivity contribution in [3.8, 4) is 0 Å². The van der Waals surface area contributed by atoms with E-state index in [1.165, 1.54) is 23.9 Å². The molecule has 0 radical (unpaired) electrons. The Kier molecular flexibility index (Phi) is 10.5. The fourth-order valence-electron chi connectivity index (χ4n) is 4.61. The first-order chi connectivity index (χ1) is 22.2. The molecule has 0 saturated carbocycles. The van der Waals surface area contributed by atoms with Crippen LogP contribution in [0.25, 0.3) is 6.08 Å². The highest BCUT2D eigenvalue weighted by atomic mass is 79.9. The third kappa shape index (κ3) is 7.98. The normalized spacial score (nSPS) is 14.6. The van der Waals surface area contributed by atoms with Gasteiger partial charge >= 0.3 is 5.97 Å². The number of amides is 4. The summed E-state index contributed by atoms with van der Waals surface area (Å²) in [5.74, 6) is -2.12. The first-order valence-electron chi connectivity index (χ1n) is 14.3. The van der Waals surface area contributed by atoms with Gasteiger partial charge in [-0.05, 0) is 91.4 Å². The molecule has 0 aliphatic carbocycles. The van der Waals surface area contributed by atoms with Crippen LogP contribution in [0.4, 0.5) is 11.4 Å². The summed E-state index contributed by atoms with van der Waals surface area (Å²) in [5.41, 5.74) is 2.35. The van der Waals surface area contributed by atoms with Gasteiger partial charge in [-0.2, -0.15) is 0 Å². The molecule has 232 valence electrons. The maximum absolute atomic E-state index is 13.3. The average molecular weight is 699 g/mol. The number of anilines is 2. The number of thioether (sulfide) groups is 1. The van der Waals surface area contributed by atoms with Crippen LogP contribution < -0.4 is 15.5 Å². The van der Waals surface area contributed by atoms with Gasteiger partial charge in [0.2, 0.25) is 11.8 Å². The number of nitrogens with zero attached hydrogens (tertiary/aromatic N) is 1. The number of hydrogen-bond donors (Lipinski definition) is 2. The molecule has 0 bridgehead atoms. The fourth-order valence-corrected chi connectivity index (χ4v) is 6.08. The van der Waals surface area contributed by atoms with E-state index in [-0.39, 0.29) is 30.5 Å². The minimum atomic E-state index is -0.634. The van der Waals surface area contributed by atoms with Crippen LogP contribution >= 0.6 is 27.7 Å². The Morgan fingerprint density at radius 2 is 1.63 bits per heavy atom. The molecule has 4 aromatic rings. The van der Waals surface area contributed by atoms with Crippen LogP contribution in [0, 0.1) is 0 Å². The number of rotatable bonds is 10. The van der Waals surface area contributed by atoms with Crippen LogP contribution in [-0.4, -0.2) is 41.5 Å². The van der Waals surface area contributed by atoms with Crippen molar-refractivity contribution in [1.29, 1.82) is 0 Å². The molecule has 0 spiro atoms. The lowest BCUT2D eigenvalue weighted by Crippen LogP contribution is -2.31. The smallest absolute Gasteiger partial charge is 0.338 e. The molecule has 5 rings (SSSR count). The van der Waals surface area contributed by atoms with Crippen LogP contribution in [0.5, 0.6) is 0 Å². The molecule has 2 N–H and O–H groups in total. The number of carbonyl (C=O) groups is 5. The molecule has 1 aliphatic rings. The lowest BCUT2D eigenvalue weighted by molar-refractivity contribution is -0.121. The zero-order chi connectivity index (χ0) is 32.6. The van der Waals surface area contributed by atoms with Crippen LogP contribution in [0.3, 0.4) is 0 Å². The highest BCUT2D eigenvalue weighted by Gasteiger charge is 2.40. The Morgan fingerprint density at radius 1 is 0.913 bits per heavy atom. The number of ether oxygens (including phenoxy) is 1. The second-order valence-electron chi connectivity index (χ2n) is 10.1. The SMILES string of the molecule is CCOC(=O)c1ccc(N2C(=O)CC(Sc3ccc(NC(=O)/C(=C/c4cccc(Br)c4)NC(=O)c4ccccc4)cc3)C2=O)cc1. The van der Waals surface area contributed by atoms with Crippen molar-refractivity contribution in [3.05, 3.63) is 130 Å². The summed E-state index contributed by atoms with van der Waals surface area (Å²) < 4.78 is 5.81. The molecule has 46 heavy (non-hydrogen) atoms. The summed E-state index contributed by atoms with van der Waals surface area (Å²) in [6.07, 6.45) is 1.61. The molecule has 9 nitrogen and oxygen atoms in total. The summed E-state index contributed by atoms with van der Waals surface area (Å²) in [4.78, 5) is 66.0. The number of carbonyl (C=O) groups excluding carboxylic acids is 5. The Balaban J connectivity index is 1.25. The zero-order valence-corrected chi connectivity index (χ0v) is 27.0. The maximum atomic E-state index is 13.3. The zero-order valence-electron chi connectivity index (χ0n) is 24.6. The molecule has 1 saturated heterocycles. The Morgan fingerprint density at radius 3 is 2.30 bits per heavy atom. The van der Waals surface area contributed by atoms with Gasteiger partial charge in [0.05, 0.1) is 23.1 Å². The number of hydrogen-bond acceptors (Lipinski definition) is 7. The Labute approximate surface area is 278 Å². The summed E-state index contributed by atoms with van der Waals surface area (Å²) in [6, 6.07) is 28.9. The van der Waals surface area contributed by atoms with Gasteiger partial charge in [0.15, 0.2) is 0 Å².